The molecule has 0 aromatic heterocycles. The van der Waals surface area contributed by atoms with Crippen molar-refractivity contribution in [1.29, 1.82) is 0 Å². The molecule has 0 aliphatic carbocycles. The Morgan fingerprint density at radius 2 is 0.719 bits per heavy atom. The summed E-state index contributed by atoms with van der Waals surface area (Å²) in [6.07, 6.45) is 23.7. The summed E-state index contributed by atoms with van der Waals surface area (Å²) in [5.41, 5.74) is -1.22. The van der Waals surface area contributed by atoms with Crippen LogP contribution in [0.3, 0.4) is 0 Å². The molecular formula is C28H54O4. The molecule has 0 aliphatic heterocycles. The van der Waals surface area contributed by atoms with Crippen LogP contribution < -0.4 is 0 Å². The fraction of sp³-hybridized carbons (Fsp3) is 0.929. The third kappa shape index (κ3) is 17.5. The molecule has 190 valence electrons. The molecule has 0 rings (SSSR count). The van der Waals surface area contributed by atoms with Crippen LogP contribution in [-0.4, -0.2) is 25.2 Å². The van der Waals surface area contributed by atoms with Crippen LogP contribution in [-0.2, 0) is 19.1 Å². The van der Waals surface area contributed by atoms with Crippen molar-refractivity contribution in [2.45, 2.75) is 150 Å². The molecule has 0 saturated heterocycles. The monoisotopic (exact) mass is 454 g/mol. The van der Waals surface area contributed by atoms with E-state index in [-0.39, 0.29) is 0 Å². The van der Waals surface area contributed by atoms with Gasteiger partial charge in [-0.1, -0.05) is 123 Å². The summed E-state index contributed by atoms with van der Waals surface area (Å²) in [7, 11) is 0. The maximum atomic E-state index is 12.3. The van der Waals surface area contributed by atoms with Crippen LogP contribution in [0.4, 0.5) is 0 Å². The molecule has 0 unspecified atom stereocenters. The lowest BCUT2D eigenvalue weighted by atomic mass is 9.94. The van der Waals surface area contributed by atoms with E-state index >= 15 is 0 Å². The molecule has 0 fully saturated rings. The molecule has 4 heteroatoms. The molecule has 0 aromatic carbocycles. The van der Waals surface area contributed by atoms with Crippen LogP contribution >= 0.6 is 0 Å². The molecule has 0 bridgehead atoms. The van der Waals surface area contributed by atoms with Gasteiger partial charge in [-0.2, -0.15) is 0 Å². The van der Waals surface area contributed by atoms with Crippen LogP contribution in [0.5, 0.6) is 0 Å². The van der Waals surface area contributed by atoms with Gasteiger partial charge in [-0.05, 0) is 26.7 Å². The second-order valence-corrected chi connectivity index (χ2v) is 9.91. The summed E-state index contributed by atoms with van der Waals surface area (Å²) < 4.78 is 10.7. The third-order valence-electron chi connectivity index (χ3n) is 6.23. The van der Waals surface area contributed by atoms with E-state index in [0.717, 1.165) is 25.7 Å². The molecule has 0 amide bonds. The zero-order chi connectivity index (χ0) is 23.9. The van der Waals surface area contributed by atoms with Gasteiger partial charge in [0.15, 0.2) is 5.41 Å². The lowest BCUT2D eigenvalue weighted by Crippen LogP contribution is -2.37. The van der Waals surface area contributed by atoms with Crippen molar-refractivity contribution < 1.29 is 19.1 Å². The molecule has 0 radical (unpaired) electrons. The summed E-state index contributed by atoms with van der Waals surface area (Å²) in [6.45, 7) is 8.42. The number of rotatable bonds is 23. The number of esters is 2. The average Bonchev–Trinajstić information content (AvgIpc) is 2.78. The van der Waals surface area contributed by atoms with E-state index in [1.807, 2.05) is 0 Å². The summed E-state index contributed by atoms with van der Waals surface area (Å²) in [5, 5.41) is 0. The van der Waals surface area contributed by atoms with Gasteiger partial charge in [0, 0.05) is 0 Å². The number of unbranched alkanes of at least 4 members (excludes halogenated alkanes) is 17. The van der Waals surface area contributed by atoms with Gasteiger partial charge in [-0.15, -0.1) is 0 Å². The summed E-state index contributed by atoms with van der Waals surface area (Å²) in [4.78, 5) is 24.5. The van der Waals surface area contributed by atoms with Crippen molar-refractivity contribution >= 4 is 11.9 Å². The molecule has 0 heterocycles. The predicted octanol–water partition coefficient (Wildman–Crippen LogP) is 8.55. The first-order valence-corrected chi connectivity index (χ1v) is 13.8. The van der Waals surface area contributed by atoms with Crippen LogP contribution in [0.15, 0.2) is 0 Å². The molecule has 0 N–H and O–H groups in total. The highest BCUT2D eigenvalue weighted by Crippen LogP contribution is 2.20. The van der Waals surface area contributed by atoms with Crippen molar-refractivity contribution in [3.63, 3.8) is 0 Å². The molecule has 4 nitrogen and oxygen atoms in total. The van der Waals surface area contributed by atoms with Crippen LogP contribution in [0.25, 0.3) is 0 Å². The predicted molar refractivity (Wildman–Crippen MR) is 135 cm³/mol. The van der Waals surface area contributed by atoms with E-state index in [2.05, 4.69) is 13.8 Å². The number of carbonyl (C=O) groups is 2. The Morgan fingerprint density at radius 1 is 0.469 bits per heavy atom. The summed E-state index contributed by atoms with van der Waals surface area (Å²) in [6, 6.07) is 0. The fourth-order valence-electron chi connectivity index (χ4n) is 3.78. The molecule has 0 spiro atoms. The topological polar surface area (TPSA) is 52.6 Å². The van der Waals surface area contributed by atoms with E-state index in [9.17, 15) is 9.59 Å². The van der Waals surface area contributed by atoms with Crippen LogP contribution in [0.2, 0.25) is 0 Å². The van der Waals surface area contributed by atoms with Crippen molar-refractivity contribution in [2.75, 3.05) is 13.2 Å². The van der Waals surface area contributed by atoms with Crippen molar-refractivity contribution in [2.24, 2.45) is 5.41 Å². The van der Waals surface area contributed by atoms with Crippen molar-refractivity contribution in [3.05, 3.63) is 0 Å². The highest BCUT2D eigenvalue weighted by Gasteiger charge is 2.39. The minimum absolute atomic E-state index is 0.387. The Bertz CT molecular complexity index is 445. The van der Waals surface area contributed by atoms with Gasteiger partial charge >= 0.3 is 11.9 Å². The summed E-state index contributed by atoms with van der Waals surface area (Å²) >= 11 is 0. The number of carbonyl (C=O) groups excluding carboxylic acids is 2. The van der Waals surface area contributed by atoms with E-state index in [1.165, 1.54) is 96.3 Å². The lowest BCUT2D eigenvalue weighted by molar-refractivity contribution is -0.169. The van der Waals surface area contributed by atoms with E-state index in [1.54, 1.807) is 13.8 Å². The van der Waals surface area contributed by atoms with Gasteiger partial charge in [0.1, 0.15) is 0 Å². The molecule has 0 aliphatic rings. The average molecular weight is 455 g/mol. The summed E-state index contributed by atoms with van der Waals surface area (Å²) in [5.74, 6) is -0.942. The Balaban J connectivity index is 3.57. The van der Waals surface area contributed by atoms with Crippen LogP contribution in [0, 0.1) is 5.41 Å². The largest absolute Gasteiger partial charge is 0.465 e. The minimum Gasteiger partial charge on any atom is -0.465 e. The highest BCUT2D eigenvalue weighted by molar-refractivity contribution is 5.99. The molecule has 32 heavy (non-hydrogen) atoms. The molecule has 0 atom stereocenters. The smallest absolute Gasteiger partial charge is 0.322 e. The second-order valence-electron chi connectivity index (χ2n) is 9.91. The van der Waals surface area contributed by atoms with Gasteiger partial charge in [-0.25, -0.2) is 0 Å². The first-order chi connectivity index (χ1) is 15.5. The molecule has 0 saturated carbocycles. The lowest BCUT2D eigenvalue weighted by Gasteiger charge is -2.20. The number of hydrogen-bond donors (Lipinski definition) is 0. The Kier molecular flexibility index (Phi) is 21.0. The van der Waals surface area contributed by atoms with E-state index in [0.29, 0.717) is 13.2 Å². The maximum Gasteiger partial charge on any atom is 0.322 e. The Labute approximate surface area is 199 Å². The maximum absolute atomic E-state index is 12.3. The van der Waals surface area contributed by atoms with Gasteiger partial charge < -0.3 is 9.47 Å². The Morgan fingerprint density at radius 3 is 1.00 bits per heavy atom. The zero-order valence-electron chi connectivity index (χ0n) is 22.0. The van der Waals surface area contributed by atoms with E-state index in [4.69, 9.17) is 9.47 Å². The third-order valence-corrected chi connectivity index (χ3v) is 6.23. The number of ether oxygens (including phenoxy) is 2. The van der Waals surface area contributed by atoms with Gasteiger partial charge in [-0.3, -0.25) is 9.59 Å². The first-order valence-electron chi connectivity index (χ1n) is 13.8. The second kappa shape index (κ2) is 21.8. The standard InChI is InChI=1S/C28H54O4/c1-5-7-9-11-12-13-14-15-16-17-18-19-21-23-25-32-27(30)28(3,4)26(29)31-24-22-20-10-8-6-2/h5-25H2,1-4H3. The minimum atomic E-state index is -1.22. The highest BCUT2D eigenvalue weighted by atomic mass is 16.6. The number of hydrogen-bond acceptors (Lipinski definition) is 4. The van der Waals surface area contributed by atoms with Gasteiger partial charge in [0.25, 0.3) is 0 Å². The van der Waals surface area contributed by atoms with Gasteiger partial charge in [0.05, 0.1) is 13.2 Å². The quantitative estimate of drug-likeness (QED) is 0.0881. The molecule has 0 aromatic rings. The first kappa shape index (κ1) is 30.9. The van der Waals surface area contributed by atoms with Crippen LogP contribution in [0.1, 0.15) is 150 Å². The normalized spacial score (nSPS) is 11.5. The Hall–Kier alpha value is -1.06. The SMILES string of the molecule is CCCCCCCCCCCCCCCCOC(=O)C(C)(C)C(=O)OCCCCCCC. The zero-order valence-corrected chi connectivity index (χ0v) is 22.0. The van der Waals surface area contributed by atoms with E-state index < -0.39 is 17.4 Å². The fourth-order valence-corrected chi connectivity index (χ4v) is 3.78. The van der Waals surface area contributed by atoms with Gasteiger partial charge in [0.2, 0.25) is 0 Å². The van der Waals surface area contributed by atoms with Crippen molar-refractivity contribution in [1.82, 2.24) is 0 Å². The van der Waals surface area contributed by atoms with Crippen molar-refractivity contribution in [3.8, 4) is 0 Å². The molecular weight excluding hydrogens is 400 g/mol.